The monoisotopic (exact) mass is 388 g/mol. The Balaban J connectivity index is 1.85. The average molecular weight is 388 g/mol. The molecule has 3 aromatic rings. The van der Waals surface area contributed by atoms with Gasteiger partial charge in [0, 0.05) is 24.5 Å². The summed E-state index contributed by atoms with van der Waals surface area (Å²) in [5.41, 5.74) is 1.68. The number of halogens is 1. The van der Waals surface area contributed by atoms with Gasteiger partial charge in [0.1, 0.15) is 11.6 Å². The van der Waals surface area contributed by atoms with Crippen LogP contribution < -0.4 is 0 Å². The third-order valence-electron chi connectivity index (χ3n) is 4.85. The molecular weight excluding hydrogens is 371 g/mol. The first-order valence-electron chi connectivity index (χ1n) is 9.04. The van der Waals surface area contributed by atoms with E-state index in [-0.39, 0.29) is 23.4 Å². The topological polar surface area (TPSA) is 70.5 Å². The normalized spacial score (nSPS) is 18.2. The maximum Gasteiger partial charge on any atom is 0.295 e. The number of pyridine rings is 1. The quantitative estimate of drug-likeness (QED) is 0.419. The molecule has 4 rings (SSSR count). The highest BCUT2D eigenvalue weighted by molar-refractivity contribution is 6.46. The second kappa shape index (κ2) is 7.67. The highest BCUT2D eigenvalue weighted by Gasteiger charge is 2.46. The summed E-state index contributed by atoms with van der Waals surface area (Å²) in [5.74, 6) is -2.29. The minimum atomic E-state index is -0.797. The Bertz CT molecular complexity index is 1080. The van der Waals surface area contributed by atoms with Crippen LogP contribution in [0.25, 0.3) is 5.76 Å². The fourth-order valence-electron chi connectivity index (χ4n) is 3.47. The van der Waals surface area contributed by atoms with E-state index in [9.17, 15) is 19.1 Å². The predicted molar refractivity (Wildman–Crippen MR) is 105 cm³/mol. The van der Waals surface area contributed by atoms with Gasteiger partial charge in [-0.15, -0.1) is 0 Å². The Labute approximate surface area is 166 Å². The Morgan fingerprint density at radius 3 is 2.38 bits per heavy atom. The molecule has 1 unspecified atom stereocenters. The number of Topliss-reactive ketones (excluding diaryl/α,β-unsaturated/α-hetero) is 1. The van der Waals surface area contributed by atoms with Crippen LogP contribution in [0.2, 0.25) is 0 Å². The van der Waals surface area contributed by atoms with Gasteiger partial charge in [-0.3, -0.25) is 14.6 Å². The van der Waals surface area contributed by atoms with Crippen LogP contribution in [0.15, 0.2) is 84.7 Å². The standard InChI is InChI=1S/C23H17FN2O3/c24-18-10-8-16(9-11-18)21(27)19-20(17-7-4-12-25-13-17)26(23(29)22(19)28)14-15-5-2-1-3-6-15/h1-13,20,27H,14H2/b21-19+. The molecule has 1 amide bonds. The Morgan fingerprint density at radius 1 is 1.00 bits per heavy atom. The lowest BCUT2D eigenvalue weighted by Gasteiger charge is -2.25. The number of aliphatic hydroxyl groups is 1. The van der Waals surface area contributed by atoms with Crippen LogP contribution in [-0.2, 0) is 16.1 Å². The fraction of sp³-hybridized carbons (Fsp3) is 0.0870. The molecule has 2 aromatic carbocycles. The summed E-state index contributed by atoms with van der Waals surface area (Å²) in [6.07, 6.45) is 3.15. The van der Waals surface area contributed by atoms with Crippen LogP contribution in [0.3, 0.4) is 0 Å². The number of amides is 1. The minimum Gasteiger partial charge on any atom is -0.507 e. The number of aromatic nitrogens is 1. The number of nitrogens with zero attached hydrogens (tertiary/aromatic N) is 2. The van der Waals surface area contributed by atoms with Gasteiger partial charge in [0.25, 0.3) is 11.7 Å². The summed E-state index contributed by atoms with van der Waals surface area (Å²) in [4.78, 5) is 31.2. The summed E-state index contributed by atoms with van der Waals surface area (Å²) >= 11 is 0. The molecule has 1 atom stereocenters. The van der Waals surface area contributed by atoms with Crippen molar-refractivity contribution in [2.45, 2.75) is 12.6 Å². The molecule has 144 valence electrons. The second-order valence-electron chi connectivity index (χ2n) is 6.71. The summed E-state index contributed by atoms with van der Waals surface area (Å²) in [6, 6.07) is 17.1. The van der Waals surface area contributed by atoms with Gasteiger partial charge in [0.05, 0.1) is 11.6 Å². The van der Waals surface area contributed by atoms with Crippen molar-refractivity contribution < 1.29 is 19.1 Å². The molecule has 2 heterocycles. The fourth-order valence-corrected chi connectivity index (χ4v) is 3.47. The highest BCUT2D eigenvalue weighted by atomic mass is 19.1. The Kier molecular flexibility index (Phi) is 4.91. The van der Waals surface area contributed by atoms with Gasteiger partial charge in [0.15, 0.2) is 0 Å². The number of benzene rings is 2. The number of hydrogen-bond donors (Lipinski definition) is 1. The molecule has 1 N–H and O–H groups in total. The molecule has 29 heavy (non-hydrogen) atoms. The SMILES string of the molecule is O=C1C(=O)N(Cc2ccccc2)C(c2cccnc2)/C1=C(\O)c1ccc(F)cc1. The van der Waals surface area contributed by atoms with Gasteiger partial charge in [-0.25, -0.2) is 4.39 Å². The van der Waals surface area contributed by atoms with Crippen molar-refractivity contribution >= 4 is 17.4 Å². The van der Waals surface area contributed by atoms with Crippen LogP contribution in [0.5, 0.6) is 0 Å². The van der Waals surface area contributed by atoms with Crippen molar-refractivity contribution in [3.05, 3.63) is 107 Å². The van der Waals surface area contributed by atoms with E-state index in [1.807, 2.05) is 30.3 Å². The molecule has 0 spiro atoms. The van der Waals surface area contributed by atoms with Crippen molar-refractivity contribution in [2.75, 3.05) is 0 Å². The zero-order valence-corrected chi connectivity index (χ0v) is 15.3. The number of carbonyl (C=O) groups excluding carboxylic acids is 2. The lowest BCUT2D eigenvalue weighted by Crippen LogP contribution is -2.29. The summed E-state index contributed by atoms with van der Waals surface area (Å²) < 4.78 is 13.3. The number of rotatable bonds is 4. The van der Waals surface area contributed by atoms with Gasteiger partial charge in [-0.2, -0.15) is 0 Å². The Hall–Kier alpha value is -3.80. The first-order valence-corrected chi connectivity index (χ1v) is 9.04. The molecule has 1 fully saturated rings. The van der Waals surface area contributed by atoms with Crippen molar-refractivity contribution in [2.24, 2.45) is 0 Å². The molecule has 0 aliphatic carbocycles. The number of likely N-dealkylation sites (tertiary alicyclic amines) is 1. The third-order valence-corrected chi connectivity index (χ3v) is 4.85. The van der Waals surface area contributed by atoms with Gasteiger partial charge in [-0.1, -0.05) is 36.4 Å². The van der Waals surface area contributed by atoms with E-state index in [4.69, 9.17) is 0 Å². The van der Waals surface area contributed by atoms with Crippen LogP contribution in [0, 0.1) is 5.82 Å². The zero-order valence-electron chi connectivity index (χ0n) is 15.3. The third kappa shape index (κ3) is 3.52. The second-order valence-corrected chi connectivity index (χ2v) is 6.71. The summed E-state index contributed by atoms with van der Waals surface area (Å²) in [6.45, 7) is 0.200. The zero-order chi connectivity index (χ0) is 20.4. The maximum absolute atomic E-state index is 13.3. The van der Waals surface area contributed by atoms with Crippen LogP contribution >= 0.6 is 0 Å². The minimum absolute atomic E-state index is 0.0365. The lowest BCUT2D eigenvalue weighted by molar-refractivity contribution is -0.140. The molecule has 0 radical (unpaired) electrons. The van der Waals surface area contributed by atoms with E-state index in [0.717, 1.165) is 5.56 Å². The molecular formula is C23H17FN2O3. The molecule has 5 nitrogen and oxygen atoms in total. The average Bonchev–Trinajstić information content (AvgIpc) is 3.00. The van der Waals surface area contributed by atoms with E-state index in [1.54, 1.807) is 24.5 Å². The van der Waals surface area contributed by atoms with Crippen LogP contribution in [0.1, 0.15) is 22.7 Å². The van der Waals surface area contributed by atoms with E-state index < -0.39 is 23.5 Å². The van der Waals surface area contributed by atoms with Gasteiger partial charge in [0.2, 0.25) is 0 Å². The molecule has 1 aliphatic heterocycles. The van der Waals surface area contributed by atoms with E-state index in [2.05, 4.69) is 4.98 Å². The number of carbonyl (C=O) groups is 2. The summed E-state index contributed by atoms with van der Waals surface area (Å²) in [5, 5.41) is 10.9. The van der Waals surface area contributed by atoms with Crippen molar-refractivity contribution in [1.82, 2.24) is 9.88 Å². The molecule has 6 heteroatoms. The number of aliphatic hydroxyl groups excluding tert-OH is 1. The van der Waals surface area contributed by atoms with Crippen molar-refractivity contribution in [3.8, 4) is 0 Å². The van der Waals surface area contributed by atoms with E-state index in [1.165, 1.54) is 29.2 Å². The number of ketones is 1. The lowest BCUT2D eigenvalue weighted by atomic mass is 9.96. The summed E-state index contributed by atoms with van der Waals surface area (Å²) in [7, 11) is 0. The maximum atomic E-state index is 13.3. The molecule has 1 aliphatic rings. The molecule has 0 bridgehead atoms. The highest BCUT2D eigenvalue weighted by Crippen LogP contribution is 2.39. The van der Waals surface area contributed by atoms with Crippen LogP contribution in [0.4, 0.5) is 4.39 Å². The van der Waals surface area contributed by atoms with E-state index >= 15 is 0 Å². The molecule has 0 saturated carbocycles. The smallest absolute Gasteiger partial charge is 0.295 e. The molecule has 1 aromatic heterocycles. The van der Waals surface area contributed by atoms with Crippen molar-refractivity contribution in [1.29, 1.82) is 0 Å². The van der Waals surface area contributed by atoms with Gasteiger partial charge < -0.3 is 10.0 Å². The first kappa shape index (κ1) is 18.6. The largest absolute Gasteiger partial charge is 0.507 e. The van der Waals surface area contributed by atoms with Crippen LogP contribution in [-0.4, -0.2) is 26.7 Å². The first-order chi connectivity index (χ1) is 14.1. The molecule has 1 saturated heterocycles. The van der Waals surface area contributed by atoms with Crippen molar-refractivity contribution in [3.63, 3.8) is 0 Å². The predicted octanol–water partition coefficient (Wildman–Crippen LogP) is 3.84. The van der Waals surface area contributed by atoms with Gasteiger partial charge in [-0.05, 0) is 41.5 Å². The Morgan fingerprint density at radius 2 is 1.72 bits per heavy atom. The van der Waals surface area contributed by atoms with E-state index in [0.29, 0.717) is 5.56 Å². The van der Waals surface area contributed by atoms with Gasteiger partial charge >= 0.3 is 0 Å². The number of hydrogen-bond acceptors (Lipinski definition) is 4.